The summed E-state index contributed by atoms with van der Waals surface area (Å²) in [5, 5.41) is 19.4. The summed E-state index contributed by atoms with van der Waals surface area (Å²) in [6.45, 7) is 1.38. The first-order valence-electron chi connectivity index (χ1n) is 8.26. The molecule has 3 nitrogen and oxygen atoms in total. The number of hydrogen-bond donors (Lipinski definition) is 2. The minimum atomic E-state index is -0.222. The summed E-state index contributed by atoms with van der Waals surface area (Å²) >= 11 is 11.2. The predicted octanol–water partition coefficient (Wildman–Crippen LogP) is 4.10. The molecule has 2 atom stereocenters. The van der Waals surface area contributed by atoms with Crippen molar-refractivity contribution in [2.45, 2.75) is 76.4 Å². The van der Waals surface area contributed by atoms with Crippen molar-refractivity contribution in [2.75, 3.05) is 25.0 Å². The molecule has 0 saturated heterocycles. The molecule has 0 amide bonds. The lowest BCUT2D eigenvalue weighted by Crippen LogP contribution is -2.10. The van der Waals surface area contributed by atoms with Gasteiger partial charge in [0.15, 0.2) is 0 Å². The first kappa shape index (κ1) is 21.5. The zero-order valence-corrected chi connectivity index (χ0v) is 14.6. The number of ether oxygens (including phenoxy) is 1. The second-order valence-electron chi connectivity index (χ2n) is 5.57. The quantitative estimate of drug-likeness (QED) is 0.328. The summed E-state index contributed by atoms with van der Waals surface area (Å²) in [7, 11) is 0. The van der Waals surface area contributed by atoms with E-state index in [-0.39, 0.29) is 12.2 Å². The molecular formula is C16H32Cl2O3. The van der Waals surface area contributed by atoms with Crippen LogP contribution in [0.1, 0.15) is 64.2 Å². The topological polar surface area (TPSA) is 49.7 Å². The average molecular weight is 343 g/mol. The van der Waals surface area contributed by atoms with Gasteiger partial charge in [-0.05, 0) is 64.2 Å². The van der Waals surface area contributed by atoms with E-state index in [1.54, 1.807) is 0 Å². The van der Waals surface area contributed by atoms with Gasteiger partial charge in [0.05, 0.1) is 12.2 Å². The molecule has 0 fully saturated rings. The SMILES string of the molecule is OC(CCCCCl)CCCOCCCC(O)CCCCCl. The third-order valence-corrected chi connectivity index (χ3v) is 4.03. The van der Waals surface area contributed by atoms with Crippen LogP contribution in [0.3, 0.4) is 0 Å². The molecule has 2 unspecified atom stereocenters. The van der Waals surface area contributed by atoms with Crippen LogP contribution < -0.4 is 0 Å². The number of aliphatic hydroxyl groups is 2. The minimum absolute atomic E-state index is 0.222. The van der Waals surface area contributed by atoms with E-state index in [0.717, 1.165) is 64.2 Å². The van der Waals surface area contributed by atoms with Gasteiger partial charge in [-0.3, -0.25) is 0 Å². The zero-order chi connectivity index (χ0) is 15.8. The van der Waals surface area contributed by atoms with Gasteiger partial charge < -0.3 is 14.9 Å². The molecule has 21 heavy (non-hydrogen) atoms. The summed E-state index contributed by atoms with van der Waals surface area (Å²) in [5.74, 6) is 1.35. The van der Waals surface area contributed by atoms with Crippen LogP contribution in [-0.4, -0.2) is 47.4 Å². The Morgan fingerprint density at radius 2 is 1.00 bits per heavy atom. The van der Waals surface area contributed by atoms with Crippen LogP contribution in [0.5, 0.6) is 0 Å². The number of alkyl halides is 2. The van der Waals surface area contributed by atoms with E-state index in [0.29, 0.717) is 25.0 Å². The van der Waals surface area contributed by atoms with Crippen LogP contribution in [0, 0.1) is 0 Å². The summed E-state index contributed by atoms with van der Waals surface area (Å²) in [6.07, 6.45) is 8.53. The maximum Gasteiger partial charge on any atom is 0.0541 e. The van der Waals surface area contributed by atoms with Crippen molar-refractivity contribution in [1.82, 2.24) is 0 Å². The molecule has 0 aromatic heterocycles. The molecule has 128 valence electrons. The number of halogens is 2. The van der Waals surface area contributed by atoms with Crippen molar-refractivity contribution in [3.63, 3.8) is 0 Å². The largest absolute Gasteiger partial charge is 0.393 e. The number of unbranched alkanes of at least 4 members (excludes halogenated alkanes) is 2. The van der Waals surface area contributed by atoms with Gasteiger partial charge in [-0.25, -0.2) is 0 Å². The summed E-state index contributed by atoms with van der Waals surface area (Å²) < 4.78 is 5.52. The standard InChI is InChI=1S/C16H32Cl2O3/c17-11-3-1-7-15(19)9-5-13-21-14-6-10-16(20)8-2-4-12-18/h15-16,19-20H,1-14H2. The van der Waals surface area contributed by atoms with Crippen molar-refractivity contribution < 1.29 is 14.9 Å². The summed E-state index contributed by atoms with van der Waals surface area (Å²) in [5.41, 5.74) is 0. The minimum Gasteiger partial charge on any atom is -0.393 e. The molecule has 2 N–H and O–H groups in total. The predicted molar refractivity (Wildman–Crippen MR) is 90.4 cm³/mol. The Kier molecular flexibility index (Phi) is 17.2. The van der Waals surface area contributed by atoms with Crippen molar-refractivity contribution >= 4 is 23.2 Å². The second-order valence-corrected chi connectivity index (χ2v) is 6.33. The molecular weight excluding hydrogens is 311 g/mol. The van der Waals surface area contributed by atoms with E-state index in [4.69, 9.17) is 27.9 Å². The number of aliphatic hydroxyl groups excluding tert-OH is 2. The molecule has 0 aliphatic rings. The zero-order valence-electron chi connectivity index (χ0n) is 13.1. The van der Waals surface area contributed by atoms with Gasteiger partial charge in [-0.2, -0.15) is 0 Å². The first-order chi connectivity index (χ1) is 10.2. The monoisotopic (exact) mass is 342 g/mol. The highest BCUT2D eigenvalue weighted by Gasteiger charge is 2.05. The second kappa shape index (κ2) is 16.8. The smallest absolute Gasteiger partial charge is 0.0541 e. The maximum atomic E-state index is 9.71. The lowest BCUT2D eigenvalue weighted by Gasteiger charge is -2.11. The molecule has 5 heteroatoms. The van der Waals surface area contributed by atoms with Gasteiger partial charge >= 0.3 is 0 Å². The van der Waals surface area contributed by atoms with Crippen LogP contribution in [0.15, 0.2) is 0 Å². The number of rotatable bonds is 16. The van der Waals surface area contributed by atoms with Crippen LogP contribution in [0.2, 0.25) is 0 Å². The van der Waals surface area contributed by atoms with E-state index in [1.165, 1.54) is 0 Å². The third-order valence-electron chi connectivity index (χ3n) is 3.49. The first-order valence-corrected chi connectivity index (χ1v) is 9.33. The van der Waals surface area contributed by atoms with E-state index in [2.05, 4.69) is 0 Å². The van der Waals surface area contributed by atoms with Crippen molar-refractivity contribution in [2.24, 2.45) is 0 Å². The summed E-state index contributed by atoms with van der Waals surface area (Å²) in [6, 6.07) is 0. The Labute approximate surface area is 140 Å². The average Bonchev–Trinajstić information content (AvgIpc) is 2.47. The van der Waals surface area contributed by atoms with Crippen molar-refractivity contribution in [3.05, 3.63) is 0 Å². The van der Waals surface area contributed by atoms with Gasteiger partial charge in [0.25, 0.3) is 0 Å². The van der Waals surface area contributed by atoms with Gasteiger partial charge in [-0.15, -0.1) is 23.2 Å². The third kappa shape index (κ3) is 16.7. The molecule has 0 aliphatic heterocycles. The highest BCUT2D eigenvalue weighted by molar-refractivity contribution is 6.18. The van der Waals surface area contributed by atoms with Crippen LogP contribution >= 0.6 is 23.2 Å². The molecule has 0 heterocycles. The van der Waals surface area contributed by atoms with E-state index in [1.807, 2.05) is 0 Å². The van der Waals surface area contributed by atoms with E-state index in [9.17, 15) is 10.2 Å². The fourth-order valence-electron chi connectivity index (χ4n) is 2.18. The fourth-order valence-corrected chi connectivity index (χ4v) is 2.56. The Hall–Kier alpha value is 0.460. The van der Waals surface area contributed by atoms with Gasteiger partial charge in [0, 0.05) is 25.0 Å². The fraction of sp³-hybridized carbons (Fsp3) is 1.00. The molecule has 0 aliphatic carbocycles. The number of hydrogen-bond acceptors (Lipinski definition) is 3. The molecule has 0 saturated carbocycles. The Morgan fingerprint density at radius 3 is 1.38 bits per heavy atom. The lowest BCUT2D eigenvalue weighted by atomic mass is 10.1. The Balaban J connectivity index is 3.21. The van der Waals surface area contributed by atoms with Gasteiger partial charge in [0.2, 0.25) is 0 Å². The molecule has 0 rings (SSSR count). The Bertz CT molecular complexity index is 186. The Morgan fingerprint density at radius 1 is 0.619 bits per heavy atom. The normalized spacial score (nSPS) is 14.3. The van der Waals surface area contributed by atoms with Crippen LogP contribution in [0.4, 0.5) is 0 Å². The summed E-state index contributed by atoms with van der Waals surface area (Å²) in [4.78, 5) is 0. The van der Waals surface area contributed by atoms with E-state index < -0.39 is 0 Å². The molecule has 0 bridgehead atoms. The van der Waals surface area contributed by atoms with Crippen LogP contribution in [-0.2, 0) is 4.74 Å². The van der Waals surface area contributed by atoms with E-state index >= 15 is 0 Å². The molecule has 0 aromatic rings. The highest BCUT2D eigenvalue weighted by atomic mass is 35.5. The molecule has 0 aromatic carbocycles. The lowest BCUT2D eigenvalue weighted by molar-refractivity contribution is 0.0874. The van der Waals surface area contributed by atoms with Gasteiger partial charge in [-0.1, -0.05) is 0 Å². The molecule has 0 radical (unpaired) electrons. The van der Waals surface area contributed by atoms with Crippen molar-refractivity contribution in [3.8, 4) is 0 Å². The van der Waals surface area contributed by atoms with Crippen molar-refractivity contribution in [1.29, 1.82) is 0 Å². The highest BCUT2D eigenvalue weighted by Crippen LogP contribution is 2.09. The maximum absolute atomic E-state index is 9.71. The molecule has 0 spiro atoms. The van der Waals surface area contributed by atoms with Gasteiger partial charge in [0.1, 0.15) is 0 Å². The van der Waals surface area contributed by atoms with Crippen LogP contribution in [0.25, 0.3) is 0 Å².